The largest absolute Gasteiger partial charge is 0.283 e. The van der Waals surface area contributed by atoms with Gasteiger partial charge in [0.1, 0.15) is 0 Å². The maximum Gasteiger partial charge on any atom is 0.262 e. The van der Waals surface area contributed by atoms with Crippen molar-refractivity contribution >= 4 is 10.8 Å². The van der Waals surface area contributed by atoms with Crippen molar-refractivity contribution in [2.24, 2.45) is 0 Å². The fraction of sp³-hybridized carbons (Fsp3) is 0.286. The van der Waals surface area contributed by atoms with Gasteiger partial charge >= 0.3 is 0 Å². The number of hydrogen-bond acceptors (Lipinski definition) is 1. The van der Waals surface area contributed by atoms with Crippen molar-refractivity contribution in [3.8, 4) is 5.69 Å². The van der Waals surface area contributed by atoms with Gasteiger partial charge in [0.05, 0.1) is 0 Å². The van der Waals surface area contributed by atoms with Crippen molar-refractivity contribution in [2.75, 3.05) is 0 Å². The fourth-order valence-electron chi connectivity index (χ4n) is 3.78. The average Bonchev–Trinajstić information content (AvgIpc) is 3.11. The lowest BCUT2D eigenvalue weighted by Gasteiger charge is -2.17. The number of pyridine rings is 1. The summed E-state index contributed by atoms with van der Waals surface area (Å²) in [5.74, 6) is 0.581. The van der Waals surface area contributed by atoms with Crippen LogP contribution in [0.5, 0.6) is 0 Å². The van der Waals surface area contributed by atoms with Crippen LogP contribution >= 0.6 is 0 Å². The first-order valence-corrected chi connectivity index (χ1v) is 8.45. The Morgan fingerprint density at radius 1 is 0.913 bits per heavy atom. The van der Waals surface area contributed by atoms with Gasteiger partial charge in [-0.1, -0.05) is 48.7 Å². The van der Waals surface area contributed by atoms with E-state index in [-0.39, 0.29) is 5.56 Å². The molecule has 4 rings (SSSR count). The van der Waals surface area contributed by atoms with E-state index < -0.39 is 0 Å². The third-order valence-corrected chi connectivity index (χ3v) is 5.06. The maximum atomic E-state index is 12.9. The molecule has 2 nitrogen and oxygen atoms in total. The summed E-state index contributed by atoms with van der Waals surface area (Å²) in [6.45, 7) is 2.07. The second-order valence-electron chi connectivity index (χ2n) is 6.62. The Morgan fingerprint density at radius 3 is 2.26 bits per heavy atom. The molecule has 0 amide bonds. The smallest absolute Gasteiger partial charge is 0.262 e. The summed E-state index contributed by atoms with van der Waals surface area (Å²) in [6.07, 6.45) is 7.14. The molecular weight excluding hydrogens is 282 g/mol. The fourth-order valence-corrected chi connectivity index (χ4v) is 3.78. The van der Waals surface area contributed by atoms with Crippen LogP contribution in [0.3, 0.4) is 0 Å². The Hall–Kier alpha value is -2.35. The van der Waals surface area contributed by atoms with Gasteiger partial charge in [0.25, 0.3) is 5.56 Å². The van der Waals surface area contributed by atoms with Gasteiger partial charge in [-0.15, -0.1) is 0 Å². The van der Waals surface area contributed by atoms with Gasteiger partial charge in [0.15, 0.2) is 0 Å². The van der Waals surface area contributed by atoms with Crippen LogP contribution in [-0.2, 0) is 0 Å². The van der Waals surface area contributed by atoms with Crippen LogP contribution in [0.2, 0.25) is 0 Å². The summed E-state index contributed by atoms with van der Waals surface area (Å²) in [6, 6.07) is 16.2. The zero-order valence-corrected chi connectivity index (χ0v) is 13.5. The minimum Gasteiger partial charge on any atom is -0.283 e. The second kappa shape index (κ2) is 5.69. The molecule has 1 heterocycles. The molecule has 0 radical (unpaired) electrons. The Kier molecular flexibility index (Phi) is 3.53. The molecule has 0 aliphatic heterocycles. The van der Waals surface area contributed by atoms with Crippen molar-refractivity contribution < 1.29 is 0 Å². The van der Waals surface area contributed by atoms with Crippen LogP contribution in [0.4, 0.5) is 0 Å². The molecule has 2 heteroatoms. The van der Waals surface area contributed by atoms with Gasteiger partial charge in [-0.2, -0.15) is 0 Å². The predicted molar refractivity (Wildman–Crippen MR) is 95.5 cm³/mol. The summed E-state index contributed by atoms with van der Waals surface area (Å²) < 4.78 is 1.83. The summed E-state index contributed by atoms with van der Waals surface area (Å²) in [4.78, 5) is 12.9. The zero-order chi connectivity index (χ0) is 15.8. The highest BCUT2D eigenvalue weighted by atomic mass is 16.1. The van der Waals surface area contributed by atoms with Crippen molar-refractivity contribution in [3.05, 3.63) is 76.2 Å². The van der Waals surface area contributed by atoms with E-state index in [1.54, 1.807) is 0 Å². The van der Waals surface area contributed by atoms with E-state index in [0.29, 0.717) is 5.92 Å². The molecule has 1 aliphatic carbocycles. The molecule has 0 unspecified atom stereocenters. The molecule has 0 spiro atoms. The van der Waals surface area contributed by atoms with Crippen LogP contribution in [0.15, 0.2) is 59.5 Å². The van der Waals surface area contributed by atoms with E-state index in [9.17, 15) is 4.79 Å². The maximum absolute atomic E-state index is 12.9. The molecule has 1 aliphatic rings. The van der Waals surface area contributed by atoms with Crippen molar-refractivity contribution in [1.82, 2.24) is 4.57 Å². The Morgan fingerprint density at radius 2 is 1.57 bits per heavy atom. The van der Waals surface area contributed by atoms with E-state index >= 15 is 0 Å². The van der Waals surface area contributed by atoms with Crippen LogP contribution < -0.4 is 5.56 Å². The SMILES string of the molecule is Cc1ccc(-n2cc(C3CCCC3)c3ccccc3c2=O)cc1. The monoisotopic (exact) mass is 303 g/mol. The van der Waals surface area contributed by atoms with Crippen molar-refractivity contribution in [1.29, 1.82) is 0 Å². The predicted octanol–water partition coefficient (Wildman–Crippen LogP) is 4.96. The summed E-state index contributed by atoms with van der Waals surface area (Å²) in [5, 5.41) is 1.96. The van der Waals surface area contributed by atoms with Crippen LogP contribution in [-0.4, -0.2) is 4.57 Å². The Bertz CT molecular complexity index is 899. The molecule has 1 aromatic heterocycles. The van der Waals surface area contributed by atoms with E-state index in [2.05, 4.69) is 31.3 Å². The van der Waals surface area contributed by atoms with Gasteiger partial charge < -0.3 is 0 Å². The molecule has 1 saturated carbocycles. The van der Waals surface area contributed by atoms with Crippen molar-refractivity contribution in [3.63, 3.8) is 0 Å². The highest BCUT2D eigenvalue weighted by molar-refractivity contribution is 5.85. The topological polar surface area (TPSA) is 22.0 Å². The molecule has 0 atom stereocenters. The van der Waals surface area contributed by atoms with Gasteiger partial charge in [0, 0.05) is 17.3 Å². The summed E-state index contributed by atoms with van der Waals surface area (Å²) in [5.41, 5.74) is 3.56. The summed E-state index contributed by atoms with van der Waals surface area (Å²) in [7, 11) is 0. The standard InChI is InChI=1S/C21H21NO/c1-15-10-12-17(13-11-15)22-14-20(16-6-2-3-7-16)18-8-4-5-9-19(18)21(22)23/h4-5,8-14,16H,2-3,6-7H2,1H3. The van der Waals surface area contributed by atoms with E-state index in [1.807, 2.05) is 34.9 Å². The molecule has 23 heavy (non-hydrogen) atoms. The third-order valence-electron chi connectivity index (χ3n) is 5.06. The highest BCUT2D eigenvalue weighted by Crippen LogP contribution is 2.37. The minimum atomic E-state index is 0.0752. The lowest BCUT2D eigenvalue weighted by Crippen LogP contribution is -2.19. The first-order chi connectivity index (χ1) is 11.2. The molecule has 0 saturated heterocycles. The quantitative estimate of drug-likeness (QED) is 0.656. The van der Waals surface area contributed by atoms with Gasteiger partial charge in [-0.05, 0) is 54.8 Å². The van der Waals surface area contributed by atoms with E-state index in [0.717, 1.165) is 16.5 Å². The lowest BCUT2D eigenvalue weighted by molar-refractivity contribution is 0.720. The van der Waals surface area contributed by atoms with E-state index in [4.69, 9.17) is 0 Å². The van der Waals surface area contributed by atoms with Crippen LogP contribution in [0.1, 0.15) is 42.7 Å². The molecular formula is C21H21NO. The molecule has 1 fully saturated rings. The second-order valence-corrected chi connectivity index (χ2v) is 6.62. The molecule has 0 bridgehead atoms. The first-order valence-electron chi connectivity index (χ1n) is 8.45. The van der Waals surface area contributed by atoms with E-state index in [1.165, 1.54) is 36.8 Å². The van der Waals surface area contributed by atoms with Gasteiger partial charge in [0.2, 0.25) is 0 Å². The summed E-state index contributed by atoms with van der Waals surface area (Å²) >= 11 is 0. The number of aryl methyl sites for hydroxylation is 1. The minimum absolute atomic E-state index is 0.0752. The lowest BCUT2D eigenvalue weighted by atomic mass is 9.94. The number of benzene rings is 2. The Labute approximate surface area is 136 Å². The van der Waals surface area contributed by atoms with Crippen LogP contribution in [0.25, 0.3) is 16.5 Å². The average molecular weight is 303 g/mol. The Balaban J connectivity index is 1.99. The highest BCUT2D eigenvalue weighted by Gasteiger charge is 2.21. The first kappa shape index (κ1) is 14.3. The zero-order valence-electron chi connectivity index (χ0n) is 13.5. The van der Waals surface area contributed by atoms with Crippen molar-refractivity contribution in [2.45, 2.75) is 38.5 Å². The number of fused-ring (bicyclic) bond motifs is 1. The molecule has 0 N–H and O–H groups in total. The number of rotatable bonds is 2. The number of nitrogens with zero attached hydrogens (tertiary/aromatic N) is 1. The normalized spacial score (nSPS) is 15.3. The number of aromatic nitrogens is 1. The van der Waals surface area contributed by atoms with Gasteiger partial charge in [-0.3, -0.25) is 9.36 Å². The van der Waals surface area contributed by atoms with Crippen LogP contribution in [0, 0.1) is 6.92 Å². The number of hydrogen-bond donors (Lipinski definition) is 0. The molecule has 2 aromatic carbocycles. The van der Waals surface area contributed by atoms with Gasteiger partial charge in [-0.25, -0.2) is 0 Å². The molecule has 116 valence electrons. The third kappa shape index (κ3) is 2.48. The molecule has 3 aromatic rings.